The number of hydrogen-bond donors (Lipinski definition) is 1. The van der Waals surface area contributed by atoms with Crippen molar-refractivity contribution in [3.05, 3.63) is 0 Å². The molecule has 0 spiro atoms. The summed E-state index contributed by atoms with van der Waals surface area (Å²) >= 11 is 0. The van der Waals surface area contributed by atoms with Gasteiger partial charge in [0.25, 0.3) is 0 Å². The van der Waals surface area contributed by atoms with E-state index in [2.05, 4.69) is 37.9 Å². The SMILES string of the molecule is COCCN1CCNC(C)(C)C1(C)C. The molecule has 0 amide bonds. The first-order valence-electron chi connectivity index (χ1n) is 5.41. The number of methoxy groups -OCH3 is 1. The quantitative estimate of drug-likeness (QED) is 0.738. The lowest BCUT2D eigenvalue weighted by Crippen LogP contribution is -2.70. The van der Waals surface area contributed by atoms with Gasteiger partial charge in [0, 0.05) is 37.8 Å². The number of nitrogens with one attached hydrogen (secondary N) is 1. The standard InChI is InChI=1S/C11H24N2O/c1-10(2)11(3,4)13(7-6-12-10)8-9-14-5/h12H,6-9H2,1-5H3. The van der Waals surface area contributed by atoms with Gasteiger partial charge in [-0.3, -0.25) is 4.90 Å². The molecule has 3 heteroatoms. The summed E-state index contributed by atoms with van der Waals surface area (Å²) in [4.78, 5) is 2.51. The summed E-state index contributed by atoms with van der Waals surface area (Å²) in [7, 11) is 1.76. The van der Waals surface area contributed by atoms with Gasteiger partial charge in [0.15, 0.2) is 0 Å². The Morgan fingerprint density at radius 1 is 1.29 bits per heavy atom. The van der Waals surface area contributed by atoms with Gasteiger partial charge in [-0.1, -0.05) is 0 Å². The highest BCUT2D eigenvalue weighted by Crippen LogP contribution is 2.30. The third-order valence-corrected chi connectivity index (χ3v) is 3.83. The van der Waals surface area contributed by atoms with Crippen LogP contribution in [0.1, 0.15) is 27.7 Å². The van der Waals surface area contributed by atoms with E-state index >= 15 is 0 Å². The molecule has 0 radical (unpaired) electrons. The van der Waals surface area contributed by atoms with E-state index in [9.17, 15) is 0 Å². The molecule has 0 aliphatic carbocycles. The molecule has 84 valence electrons. The zero-order valence-corrected chi connectivity index (χ0v) is 10.2. The Bertz CT molecular complexity index is 190. The molecule has 0 aromatic heterocycles. The first-order chi connectivity index (χ1) is 6.42. The number of piperazine rings is 1. The average molecular weight is 200 g/mol. The first kappa shape index (κ1) is 12.0. The van der Waals surface area contributed by atoms with Crippen LogP contribution in [0.5, 0.6) is 0 Å². The van der Waals surface area contributed by atoms with Crippen LogP contribution in [-0.4, -0.2) is 49.3 Å². The smallest absolute Gasteiger partial charge is 0.0589 e. The van der Waals surface area contributed by atoms with Crippen LogP contribution in [0.4, 0.5) is 0 Å². The van der Waals surface area contributed by atoms with E-state index in [1.807, 2.05) is 0 Å². The fourth-order valence-corrected chi connectivity index (χ4v) is 1.99. The lowest BCUT2D eigenvalue weighted by Gasteiger charge is -2.53. The summed E-state index contributed by atoms with van der Waals surface area (Å²) in [5.41, 5.74) is 0.350. The fraction of sp³-hybridized carbons (Fsp3) is 1.00. The predicted molar refractivity (Wildman–Crippen MR) is 59.6 cm³/mol. The van der Waals surface area contributed by atoms with E-state index in [0.717, 1.165) is 26.2 Å². The zero-order chi connectivity index (χ0) is 10.8. The maximum absolute atomic E-state index is 5.14. The fourth-order valence-electron chi connectivity index (χ4n) is 1.99. The third kappa shape index (κ3) is 2.10. The van der Waals surface area contributed by atoms with Crippen molar-refractivity contribution in [1.82, 2.24) is 10.2 Å². The van der Waals surface area contributed by atoms with Crippen molar-refractivity contribution < 1.29 is 4.74 Å². The predicted octanol–water partition coefficient (Wildman–Crippen LogP) is 1.10. The van der Waals surface area contributed by atoms with Gasteiger partial charge in [0.05, 0.1) is 6.61 Å². The number of ether oxygens (including phenoxy) is 1. The summed E-state index contributed by atoms with van der Waals surface area (Å²) in [6.07, 6.45) is 0. The summed E-state index contributed by atoms with van der Waals surface area (Å²) in [5.74, 6) is 0. The molecule has 0 aromatic carbocycles. The zero-order valence-electron chi connectivity index (χ0n) is 10.2. The van der Waals surface area contributed by atoms with E-state index in [1.165, 1.54) is 0 Å². The molecule has 1 aliphatic rings. The number of hydrogen-bond acceptors (Lipinski definition) is 3. The minimum absolute atomic E-state index is 0.166. The minimum atomic E-state index is 0.166. The molecular formula is C11H24N2O. The van der Waals surface area contributed by atoms with Crippen LogP contribution >= 0.6 is 0 Å². The maximum Gasteiger partial charge on any atom is 0.0589 e. The molecule has 14 heavy (non-hydrogen) atoms. The molecule has 0 bridgehead atoms. The lowest BCUT2D eigenvalue weighted by atomic mass is 9.79. The Hall–Kier alpha value is -0.120. The van der Waals surface area contributed by atoms with Gasteiger partial charge in [-0.2, -0.15) is 0 Å². The van der Waals surface area contributed by atoms with Crippen molar-refractivity contribution in [2.75, 3.05) is 33.4 Å². The second-order valence-electron chi connectivity index (χ2n) is 5.09. The van der Waals surface area contributed by atoms with Gasteiger partial charge >= 0.3 is 0 Å². The average Bonchev–Trinajstić information content (AvgIpc) is 2.08. The minimum Gasteiger partial charge on any atom is -0.383 e. The van der Waals surface area contributed by atoms with Crippen LogP contribution in [0.2, 0.25) is 0 Å². The van der Waals surface area contributed by atoms with E-state index in [1.54, 1.807) is 7.11 Å². The number of rotatable bonds is 3. The van der Waals surface area contributed by atoms with Gasteiger partial charge in [-0.15, -0.1) is 0 Å². The molecule has 1 saturated heterocycles. The molecular weight excluding hydrogens is 176 g/mol. The summed E-state index contributed by atoms with van der Waals surface area (Å²) in [6.45, 7) is 13.2. The van der Waals surface area contributed by atoms with Crippen molar-refractivity contribution >= 4 is 0 Å². The van der Waals surface area contributed by atoms with Gasteiger partial charge in [-0.05, 0) is 27.7 Å². The van der Waals surface area contributed by atoms with Crippen LogP contribution in [0.3, 0.4) is 0 Å². The molecule has 3 nitrogen and oxygen atoms in total. The van der Waals surface area contributed by atoms with Crippen LogP contribution in [0.15, 0.2) is 0 Å². The topological polar surface area (TPSA) is 24.5 Å². The molecule has 1 N–H and O–H groups in total. The second-order valence-corrected chi connectivity index (χ2v) is 5.09. The molecule has 0 aromatic rings. The van der Waals surface area contributed by atoms with Crippen molar-refractivity contribution in [1.29, 1.82) is 0 Å². The van der Waals surface area contributed by atoms with Crippen molar-refractivity contribution in [3.63, 3.8) is 0 Å². The maximum atomic E-state index is 5.14. The highest BCUT2D eigenvalue weighted by Gasteiger charge is 2.43. The van der Waals surface area contributed by atoms with E-state index < -0.39 is 0 Å². The highest BCUT2D eigenvalue weighted by molar-refractivity contribution is 5.04. The Morgan fingerprint density at radius 2 is 1.93 bits per heavy atom. The molecule has 0 unspecified atom stereocenters. The van der Waals surface area contributed by atoms with E-state index in [0.29, 0.717) is 0 Å². The highest BCUT2D eigenvalue weighted by atomic mass is 16.5. The lowest BCUT2D eigenvalue weighted by molar-refractivity contribution is -0.00815. The van der Waals surface area contributed by atoms with Gasteiger partial charge in [0.1, 0.15) is 0 Å². The molecule has 0 atom stereocenters. The molecule has 0 saturated carbocycles. The van der Waals surface area contributed by atoms with Crippen LogP contribution < -0.4 is 5.32 Å². The van der Waals surface area contributed by atoms with Gasteiger partial charge in [0.2, 0.25) is 0 Å². The van der Waals surface area contributed by atoms with E-state index in [4.69, 9.17) is 4.74 Å². The van der Waals surface area contributed by atoms with Crippen LogP contribution in [0.25, 0.3) is 0 Å². The molecule has 1 aliphatic heterocycles. The van der Waals surface area contributed by atoms with Crippen LogP contribution in [0, 0.1) is 0 Å². The van der Waals surface area contributed by atoms with Crippen molar-refractivity contribution in [3.8, 4) is 0 Å². The second kappa shape index (κ2) is 4.17. The Balaban J connectivity index is 2.66. The van der Waals surface area contributed by atoms with E-state index in [-0.39, 0.29) is 11.1 Å². The molecule has 1 fully saturated rings. The monoisotopic (exact) mass is 200 g/mol. The first-order valence-corrected chi connectivity index (χ1v) is 5.41. The Kier molecular flexibility index (Phi) is 3.56. The van der Waals surface area contributed by atoms with Crippen molar-refractivity contribution in [2.45, 2.75) is 38.8 Å². The van der Waals surface area contributed by atoms with Crippen molar-refractivity contribution in [2.24, 2.45) is 0 Å². The Morgan fingerprint density at radius 3 is 2.50 bits per heavy atom. The normalized spacial score (nSPS) is 26.4. The third-order valence-electron chi connectivity index (χ3n) is 3.83. The summed E-state index contributed by atoms with van der Waals surface area (Å²) in [6, 6.07) is 0. The molecule has 1 heterocycles. The summed E-state index contributed by atoms with van der Waals surface area (Å²) in [5, 5.41) is 3.57. The van der Waals surface area contributed by atoms with Gasteiger partial charge in [-0.25, -0.2) is 0 Å². The number of nitrogens with zero attached hydrogens (tertiary/aromatic N) is 1. The van der Waals surface area contributed by atoms with Gasteiger partial charge < -0.3 is 10.1 Å². The Labute approximate surface area is 87.8 Å². The largest absolute Gasteiger partial charge is 0.383 e. The van der Waals surface area contributed by atoms with Crippen LogP contribution in [-0.2, 0) is 4.74 Å². The molecule has 1 rings (SSSR count). The summed E-state index contributed by atoms with van der Waals surface area (Å²) < 4.78 is 5.14.